The van der Waals surface area contributed by atoms with Gasteiger partial charge >= 0.3 is 0 Å². The summed E-state index contributed by atoms with van der Waals surface area (Å²) in [5.74, 6) is 1.93. The van der Waals surface area contributed by atoms with E-state index in [1.165, 1.54) is 0 Å². The highest BCUT2D eigenvalue weighted by Gasteiger charge is 2.10. The van der Waals surface area contributed by atoms with Crippen molar-refractivity contribution in [1.82, 2.24) is 10.1 Å². The summed E-state index contributed by atoms with van der Waals surface area (Å²) in [6.07, 6.45) is 1.67. The Morgan fingerprint density at radius 2 is 2.15 bits per heavy atom. The van der Waals surface area contributed by atoms with Crippen LogP contribution in [-0.4, -0.2) is 16.2 Å². The van der Waals surface area contributed by atoms with Crippen molar-refractivity contribution >= 4 is 0 Å². The zero-order valence-corrected chi connectivity index (χ0v) is 8.45. The molecule has 0 aromatic carbocycles. The van der Waals surface area contributed by atoms with Crippen LogP contribution in [0.25, 0.3) is 0 Å². The Bertz CT molecular complexity index is 257. The van der Waals surface area contributed by atoms with Crippen LogP contribution >= 0.6 is 0 Å². The minimum Gasteiger partial charge on any atom is -0.339 e. The van der Waals surface area contributed by atoms with Crippen LogP contribution < -0.4 is 5.73 Å². The highest BCUT2D eigenvalue weighted by atomic mass is 16.5. The second kappa shape index (κ2) is 4.37. The normalized spacial score (nSPS) is 13.6. The molecule has 0 aliphatic carbocycles. The van der Waals surface area contributed by atoms with Crippen molar-refractivity contribution in [3.05, 3.63) is 11.7 Å². The maximum absolute atomic E-state index is 5.89. The molecule has 0 aliphatic rings. The van der Waals surface area contributed by atoms with Crippen molar-refractivity contribution in [3.63, 3.8) is 0 Å². The molecule has 13 heavy (non-hydrogen) atoms. The molecule has 0 bridgehead atoms. The summed E-state index contributed by atoms with van der Waals surface area (Å²) in [5.41, 5.74) is 5.89. The van der Waals surface area contributed by atoms with E-state index in [1.54, 1.807) is 6.92 Å². The lowest BCUT2D eigenvalue weighted by Crippen LogP contribution is -2.24. The van der Waals surface area contributed by atoms with Crippen LogP contribution in [0, 0.1) is 12.8 Å². The molecule has 1 rings (SSSR count). The molecule has 0 saturated carbocycles. The van der Waals surface area contributed by atoms with E-state index in [2.05, 4.69) is 24.0 Å². The van der Waals surface area contributed by atoms with Gasteiger partial charge in [0.15, 0.2) is 5.82 Å². The molecule has 0 saturated heterocycles. The third-order valence-electron chi connectivity index (χ3n) is 1.78. The first-order valence-electron chi connectivity index (χ1n) is 4.62. The van der Waals surface area contributed by atoms with Crippen molar-refractivity contribution in [2.75, 3.05) is 0 Å². The molecule has 1 aromatic heterocycles. The van der Waals surface area contributed by atoms with Gasteiger partial charge in [0.05, 0.1) is 0 Å². The number of rotatable bonds is 4. The molecule has 0 radical (unpaired) electrons. The quantitative estimate of drug-likeness (QED) is 0.764. The second-order valence-corrected chi connectivity index (χ2v) is 3.83. The van der Waals surface area contributed by atoms with E-state index in [0.29, 0.717) is 24.1 Å². The van der Waals surface area contributed by atoms with Crippen LogP contribution in [-0.2, 0) is 6.42 Å². The molecular weight excluding hydrogens is 166 g/mol. The maximum atomic E-state index is 5.89. The molecule has 2 N–H and O–H groups in total. The zero-order chi connectivity index (χ0) is 9.84. The molecule has 0 aliphatic heterocycles. The highest BCUT2D eigenvalue weighted by molar-refractivity contribution is 4.86. The number of nitrogens with zero attached hydrogens (tertiary/aromatic N) is 2. The van der Waals surface area contributed by atoms with E-state index in [1.807, 2.05) is 0 Å². The molecule has 74 valence electrons. The van der Waals surface area contributed by atoms with Crippen molar-refractivity contribution < 1.29 is 4.52 Å². The average Bonchev–Trinajstić information content (AvgIpc) is 2.33. The second-order valence-electron chi connectivity index (χ2n) is 3.83. The summed E-state index contributed by atoms with van der Waals surface area (Å²) in [6.45, 7) is 6.11. The van der Waals surface area contributed by atoms with Crippen LogP contribution in [0.3, 0.4) is 0 Å². The van der Waals surface area contributed by atoms with E-state index in [0.717, 1.165) is 6.42 Å². The number of aryl methyl sites for hydroxylation is 1. The Balaban J connectivity index is 2.40. The number of hydrogen-bond acceptors (Lipinski definition) is 4. The molecule has 1 atom stereocenters. The Morgan fingerprint density at radius 3 is 2.62 bits per heavy atom. The maximum Gasteiger partial charge on any atom is 0.228 e. The predicted molar refractivity (Wildman–Crippen MR) is 50.2 cm³/mol. The largest absolute Gasteiger partial charge is 0.339 e. The van der Waals surface area contributed by atoms with E-state index in [-0.39, 0.29) is 6.04 Å². The SMILES string of the molecule is Cc1noc(C[C@@H](N)CC(C)C)n1. The van der Waals surface area contributed by atoms with E-state index < -0.39 is 0 Å². The number of aromatic nitrogens is 2. The summed E-state index contributed by atoms with van der Waals surface area (Å²) in [6, 6.07) is 0.125. The smallest absolute Gasteiger partial charge is 0.228 e. The van der Waals surface area contributed by atoms with Crippen molar-refractivity contribution in [1.29, 1.82) is 0 Å². The fraction of sp³-hybridized carbons (Fsp3) is 0.778. The van der Waals surface area contributed by atoms with Gasteiger partial charge in [-0.15, -0.1) is 0 Å². The van der Waals surface area contributed by atoms with Gasteiger partial charge in [0.1, 0.15) is 0 Å². The summed E-state index contributed by atoms with van der Waals surface area (Å²) >= 11 is 0. The minimum atomic E-state index is 0.125. The predicted octanol–water partition coefficient (Wildman–Crippen LogP) is 1.29. The summed E-state index contributed by atoms with van der Waals surface area (Å²) in [7, 11) is 0. The number of nitrogens with two attached hydrogens (primary N) is 1. The van der Waals surface area contributed by atoms with Crippen LogP contribution in [0.2, 0.25) is 0 Å². The molecule has 4 nitrogen and oxygen atoms in total. The average molecular weight is 183 g/mol. The van der Waals surface area contributed by atoms with Crippen molar-refractivity contribution in [2.24, 2.45) is 11.7 Å². The first-order chi connectivity index (χ1) is 6.08. The third kappa shape index (κ3) is 3.55. The molecule has 0 fully saturated rings. The molecule has 1 aromatic rings. The molecular formula is C9H17N3O. The summed E-state index contributed by atoms with van der Waals surface area (Å²) in [5, 5.41) is 3.71. The summed E-state index contributed by atoms with van der Waals surface area (Å²) in [4.78, 5) is 4.10. The molecule has 0 unspecified atom stereocenters. The van der Waals surface area contributed by atoms with E-state index in [9.17, 15) is 0 Å². The van der Waals surface area contributed by atoms with Gasteiger partial charge in [0.25, 0.3) is 0 Å². The van der Waals surface area contributed by atoms with Crippen molar-refractivity contribution in [3.8, 4) is 0 Å². The van der Waals surface area contributed by atoms with Gasteiger partial charge in [-0.3, -0.25) is 0 Å². The Hall–Kier alpha value is -0.900. The van der Waals surface area contributed by atoms with E-state index >= 15 is 0 Å². The topological polar surface area (TPSA) is 64.9 Å². The Labute approximate surface area is 78.5 Å². The standard InChI is InChI=1S/C9H17N3O/c1-6(2)4-8(10)5-9-11-7(3)12-13-9/h6,8H,4-5,10H2,1-3H3/t8-/m0/s1. The van der Waals surface area contributed by atoms with E-state index in [4.69, 9.17) is 10.3 Å². The van der Waals surface area contributed by atoms with Crippen LogP contribution in [0.15, 0.2) is 4.52 Å². The Morgan fingerprint density at radius 1 is 1.46 bits per heavy atom. The van der Waals surface area contributed by atoms with Gasteiger partial charge in [0, 0.05) is 12.5 Å². The fourth-order valence-electron chi connectivity index (χ4n) is 1.34. The highest BCUT2D eigenvalue weighted by Crippen LogP contribution is 2.07. The monoisotopic (exact) mass is 183 g/mol. The first-order valence-corrected chi connectivity index (χ1v) is 4.62. The molecule has 0 amide bonds. The van der Waals surface area contributed by atoms with Crippen LogP contribution in [0.1, 0.15) is 32.0 Å². The van der Waals surface area contributed by atoms with Gasteiger partial charge in [-0.05, 0) is 19.3 Å². The third-order valence-corrected chi connectivity index (χ3v) is 1.78. The van der Waals surface area contributed by atoms with Crippen LogP contribution in [0.5, 0.6) is 0 Å². The lowest BCUT2D eigenvalue weighted by Gasteiger charge is -2.10. The molecule has 1 heterocycles. The lowest BCUT2D eigenvalue weighted by molar-refractivity contribution is 0.356. The van der Waals surface area contributed by atoms with Crippen LogP contribution in [0.4, 0.5) is 0 Å². The van der Waals surface area contributed by atoms with Gasteiger partial charge in [-0.2, -0.15) is 4.98 Å². The van der Waals surface area contributed by atoms with Gasteiger partial charge in [-0.25, -0.2) is 0 Å². The minimum absolute atomic E-state index is 0.125. The van der Waals surface area contributed by atoms with Gasteiger partial charge < -0.3 is 10.3 Å². The fourth-order valence-corrected chi connectivity index (χ4v) is 1.34. The number of hydrogen-bond donors (Lipinski definition) is 1. The summed E-state index contributed by atoms with van der Waals surface area (Å²) < 4.78 is 4.98. The Kier molecular flexibility index (Phi) is 3.42. The van der Waals surface area contributed by atoms with Crippen molar-refractivity contribution in [2.45, 2.75) is 39.7 Å². The first kappa shape index (κ1) is 10.2. The zero-order valence-electron chi connectivity index (χ0n) is 8.45. The van der Waals surface area contributed by atoms with Gasteiger partial charge in [-0.1, -0.05) is 19.0 Å². The van der Waals surface area contributed by atoms with Gasteiger partial charge in [0.2, 0.25) is 5.89 Å². The molecule has 4 heteroatoms. The molecule has 0 spiro atoms. The lowest BCUT2D eigenvalue weighted by atomic mass is 10.0.